The largest absolute Gasteiger partial charge is 0.367 e. The van der Waals surface area contributed by atoms with E-state index in [1.807, 2.05) is 24.3 Å². The van der Waals surface area contributed by atoms with Gasteiger partial charge in [-0.3, -0.25) is 19.9 Å². The Hall–Kier alpha value is -4.19. The fraction of sp³-hybridized carbons (Fsp3) is 0.250. The molecule has 6 rings (SSSR count). The van der Waals surface area contributed by atoms with Crippen molar-refractivity contribution >= 4 is 47.1 Å². The van der Waals surface area contributed by atoms with E-state index in [2.05, 4.69) is 31.3 Å². The SMILES string of the molecule is O=C1NC(=O)/C(=C/c2cnn3c(NC4CC4)cc(C4CC=C(C(=O)NCc5ccncc5)S4)nc23)N1. The number of aromatic nitrogens is 4. The number of carbonyl (C=O) groups excluding carboxylic acids is 3. The van der Waals surface area contributed by atoms with Crippen molar-refractivity contribution in [2.75, 3.05) is 5.32 Å². The van der Waals surface area contributed by atoms with Gasteiger partial charge in [-0.1, -0.05) is 6.08 Å². The molecule has 0 bridgehead atoms. The summed E-state index contributed by atoms with van der Waals surface area (Å²) in [6.07, 6.45) is 11.4. The molecule has 2 fully saturated rings. The zero-order chi connectivity index (χ0) is 24.6. The molecule has 1 unspecified atom stereocenters. The van der Waals surface area contributed by atoms with Crippen molar-refractivity contribution < 1.29 is 14.4 Å². The Kier molecular flexibility index (Phi) is 5.64. The smallest absolute Gasteiger partial charge is 0.326 e. The molecule has 182 valence electrons. The summed E-state index contributed by atoms with van der Waals surface area (Å²) in [6, 6.07) is 5.54. The van der Waals surface area contributed by atoms with Crippen LogP contribution in [0.15, 0.2) is 53.5 Å². The van der Waals surface area contributed by atoms with Crippen LogP contribution < -0.4 is 21.3 Å². The van der Waals surface area contributed by atoms with Crippen LogP contribution >= 0.6 is 11.8 Å². The molecule has 4 N–H and O–H groups in total. The highest BCUT2D eigenvalue weighted by Crippen LogP contribution is 2.44. The van der Waals surface area contributed by atoms with Crippen LogP contribution in [0.4, 0.5) is 10.6 Å². The number of thioether (sulfide) groups is 1. The third-order valence-electron chi connectivity index (χ3n) is 6.01. The van der Waals surface area contributed by atoms with E-state index in [0.29, 0.717) is 35.1 Å². The molecule has 36 heavy (non-hydrogen) atoms. The van der Waals surface area contributed by atoms with Crippen molar-refractivity contribution in [3.8, 4) is 0 Å². The number of urea groups is 1. The molecule has 5 heterocycles. The van der Waals surface area contributed by atoms with Crippen LogP contribution in [-0.2, 0) is 16.1 Å². The molecule has 0 aromatic carbocycles. The summed E-state index contributed by atoms with van der Waals surface area (Å²) in [4.78, 5) is 45.8. The highest BCUT2D eigenvalue weighted by Gasteiger charge is 2.29. The van der Waals surface area contributed by atoms with Gasteiger partial charge >= 0.3 is 6.03 Å². The number of anilines is 1. The van der Waals surface area contributed by atoms with Crippen molar-refractivity contribution in [3.63, 3.8) is 0 Å². The van der Waals surface area contributed by atoms with Gasteiger partial charge in [0.15, 0.2) is 5.65 Å². The van der Waals surface area contributed by atoms with Crippen LogP contribution in [0.5, 0.6) is 0 Å². The number of carbonyl (C=O) groups is 3. The Balaban J connectivity index is 1.24. The summed E-state index contributed by atoms with van der Waals surface area (Å²) in [7, 11) is 0. The molecule has 2 aliphatic heterocycles. The number of hydrogen-bond donors (Lipinski definition) is 4. The lowest BCUT2D eigenvalue weighted by Crippen LogP contribution is -2.23. The van der Waals surface area contributed by atoms with Gasteiger partial charge in [-0.2, -0.15) is 9.61 Å². The maximum Gasteiger partial charge on any atom is 0.326 e. The number of nitrogens with one attached hydrogen (secondary N) is 4. The minimum absolute atomic E-state index is 0.0405. The number of fused-ring (bicyclic) bond motifs is 1. The zero-order valence-electron chi connectivity index (χ0n) is 19.0. The van der Waals surface area contributed by atoms with Crippen molar-refractivity contribution in [2.24, 2.45) is 0 Å². The second-order valence-electron chi connectivity index (χ2n) is 8.74. The van der Waals surface area contributed by atoms with Gasteiger partial charge in [0, 0.05) is 36.6 Å². The summed E-state index contributed by atoms with van der Waals surface area (Å²) >= 11 is 1.48. The van der Waals surface area contributed by atoms with Gasteiger partial charge in [0.2, 0.25) is 0 Å². The van der Waals surface area contributed by atoms with Gasteiger partial charge in [-0.15, -0.1) is 11.8 Å². The molecule has 0 radical (unpaired) electrons. The number of pyridine rings is 1. The van der Waals surface area contributed by atoms with Crippen LogP contribution in [0.1, 0.15) is 41.3 Å². The van der Waals surface area contributed by atoms with E-state index in [9.17, 15) is 14.4 Å². The number of rotatable bonds is 7. The second kappa shape index (κ2) is 9.11. The maximum atomic E-state index is 12.7. The van der Waals surface area contributed by atoms with Crippen LogP contribution in [0.2, 0.25) is 0 Å². The Morgan fingerprint density at radius 2 is 2.06 bits per heavy atom. The predicted octanol–water partition coefficient (Wildman–Crippen LogP) is 2.26. The quantitative estimate of drug-likeness (QED) is 0.285. The van der Waals surface area contributed by atoms with Crippen molar-refractivity contribution in [3.05, 3.63) is 70.3 Å². The summed E-state index contributed by atoms with van der Waals surface area (Å²) in [5.74, 6) is 0.192. The zero-order valence-corrected chi connectivity index (χ0v) is 19.8. The van der Waals surface area contributed by atoms with E-state index >= 15 is 0 Å². The molecule has 1 atom stereocenters. The second-order valence-corrected chi connectivity index (χ2v) is 9.98. The Labute approximate surface area is 209 Å². The Morgan fingerprint density at radius 3 is 2.81 bits per heavy atom. The summed E-state index contributed by atoms with van der Waals surface area (Å²) in [5.41, 5.74) is 3.10. The minimum atomic E-state index is -0.560. The van der Waals surface area contributed by atoms with E-state index in [1.165, 1.54) is 11.8 Å². The molecule has 3 aromatic heterocycles. The van der Waals surface area contributed by atoms with Gasteiger partial charge in [-0.05, 0) is 43.0 Å². The summed E-state index contributed by atoms with van der Waals surface area (Å²) in [6.45, 7) is 0.432. The number of imide groups is 1. The van der Waals surface area contributed by atoms with E-state index in [1.54, 1.807) is 29.2 Å². The fourth-order valence-corrected chi connectivity index (χ4v) is 5.12. The molecule has 1 saturated carbocycles. The molecule has 3 aromatic rings. The molecule has 3 aliphatic rings. The standard InChI is InChI=1S/C24H22N8O3S/c33-22-17(30-24(35)31-22)9-14-12-27-32-20(28-15-1-2-15)10-16(29-21(14)32)18-3-4-19(36-18)23(34)26-11-13-5-7-25-8-6-13/h4-10,12,15,18,28H,1-3,11H2,(H,26,34)(H2,30,31,33,35)/b17-9-. The van der Waals surface area contributed by atoms with Gasteiger partial charge in [0.05, 0.1) is 22.0 Å². The van der Waals surface area contributed by atoms with E-state index < -0.39 is 11.9 Å². The molecule has 1 saturated heterocycles. The third-order valence-corrected chi connectivity index (χ3v) is 7.34. The van der Waals surface area contributed by atoms with Gasteiger partial charge in [0.25, 0.3) is 11.8 Å². The van der Waals surface area contributed by atoms with Crippen LogP contribution in [0.3, 0.4) is 0 Å². The first-order valence-electron chi connectivity index (χ1n) is 11.6. The third kappa shape index (κ3) is 4.54. The average molecular weight is 503 g/mol. The monoisotopic (exact) mass is 502 g/mol. The normalized spacial score (nSPS) is 20.4. The molecule has 4 amide bonds. The molecule has 12 heteroatoms. The molecule has 1 aliphatic carbocycles. The van der Waals surface area contributed by atoms with E-state index in [-0.39, 0.29) is 16.9 Å². The lowest BCUT2D eigenvalue weighted by molar-refractivity contribution is -0.117. The minimum Gasteiger partial charge on any atom is -0.367 e. The van der Waals surface area contributed by atoms with Crippen LogP contribution in [-0.4, -0.2) is 43.5 Å². The van der Waals surface area contributed by atoms with E-state index in [0.717, 1.165) is 29.9 Å². The number of nitrogens with zero attached hydrogens (tertiary/aromatic N) is 4. The Bertz CT molecular complexity index is 1440. The van der Waals surface area contributed by atoms with Gasteiger partial charge in [-0.25, -0.2) is 9.78 Å². The molecule has 0 spiro atoms. The summed E-state index contributed by atoms with van der Waals surface area (Å²) in [5, 5.41) is 15.6. The van der Waals surface area contributed by atoms with Crippen LogP contribution in [0, 0.1) is 0 Å². The fourth-order valence-electron chi connectivity index (χ4n) is 4.00. The topological polar surface area (TPSA) is 142 Å². The number of hydrogen-bond acceptors (Lipinski definition) is 8. The first-order valence-corrected chi connectivity index (χ1v) is 12.4. The van der Waals surface area contributed by atoms with Crippen molar-refractivity contribution in [1.29, 1.82) is 0 Å². The first-order chi connectivity index (χ1) is 17.5. The molecular formula is C24H22N8O3S. The Morgan fingerprint density at radius 1 is 1.22 bits per heavy atom. The number of amides is 4. The number of allylic oxidation sites excluding steroid dienone is 1. The lowest BCUT2D eigenvalue weighted by atomic mass is 10.2. The highest BCUT2D eigenvalue weighted by atomic mass is 32.2. The average Bonchev–Trinajstić information content (AvgIpc) is 3.25. The first kappa shape index (κ1) is 22.3. The summed E-state index contributed by atoms with van der Waals surface area (Å²) < 4.78 is 1.71. The van der Waals surface area contributed by atoms with Crippen molar-refractivity contribution in [1.82, 2.24) is 35.5 Å². The molecule has 11 nitrogen and oxygen atoms in total. The predicted molar refractivity (Wildman–Crippen MR) is 133 cm³/mol. The van der Waals surface area contributed by atoms with E-state index in [4.69, 9.17) is 4.98 Å². The van der Waals surface area contributed by atoms with Crippen molar-refractivity contribution in [2.45, 2.75) is 37.1 Å². The lowest BCUT2D eigenvalue weighted by Gasteiger charge is -2.14. The van der Waals surface area contributed by atoms with Crippen LogP contribution in [0.25, 0.3) is 11.7 Å². The maximum absolute atomic E-state index is 12.7. The van der Waals surface area contributed by atoms with Gasteiger partial charge in [0.1, 0.15) is 11.5 Å². The van der Waals surface area contributed by atoms with Gasteiger partial charge < -0.3 is 16.0 Å². The molecular weight excluding hydrogens is 480 g/mol. The highest BCUT2D eigenvalue weighted by molar-refractivity contribution is 8.04.